The van der Waals surface area contributed by atoms with Crippen LogP contribution in [0.1, 0.15) is 41.5 Å². The van der Waals surface area contributed by atoms with E-state index in [0.29, 0.717) is 11.0 Å². The molecule has 1 nitrogen and oxygen atoms in total. The van der Waals surface area contributed by atoms with Crippen molar-refractivity contribution in [3.8, 4) is 0 Å². The molecule has 0 amide bonds. The summed E-state index contributed by atoms with van der Waals surface area (Å²) in [4.78, 5) is 0. The molecule has 0 unspecified atom stereocenters. The molecule has 3 heteroatoms. The van der Waals surface area contributed by atoms with Crippen LogP contribution in [0.15, 0.2) is 0 Å². The number of hydrogen-bond acceptors (Lipinski definition) is 1. The van der Waals surface area contributed by atoms with E-state index in [1.165, 1.54) is 0 Å². The van der Waals surface area contributed by atoms with Gasteiger partial charge in [-0.15, -0.1) is 0 Å². The summed E-state index contributed by atoms with van der Waals surface area (Å²) in [6.07, 6.45) is 0. The molecule has 0 aliphatic rings. The van der Waals surface area contributed by atoms with Crippen LogP contribution >= 0.6 is 0 Å². The van der Waals surface area contributed by atoms with Gasteiger partial charge in [-0.1, -0.05) is 41.5 Å². The second kappa shape index (κ2) is 6.38. The van der Waals surface area contributed by atoms with Crippen LogP contribution in [0.5, 0.6) is 0 Å². The molecule has 81 valence electrons. The summed E-state index contributed by atoms with van der Waals surface area (Å²) in [6, 6.07) is 0. The molecule has 0 aliphatic carbocycles. The first kappa shape index (κ1) is 17.2. The Morgan fingerprint density at radius 3 is 1.93 bits per heavy atom. The Morgan fingerprint density at radius 2 is 1.64 bits per heavy atom. The van der Waals surface area contributed by atoms with Crippen molar-refractivity contribution in [3.05, 3.63) is 6.92 Å². The average molecular weight is 209 g/mol. The molecule has 0 bridgehead atoms. The third-order valence-electron chi connectivity index (χ3n) is 2.53. The zero-order valence-electron chi connectivity index (χ0n) is 10.1. The molecule has 0 heterocycles. The van der Waals surface area contributed by atoms with E-state index in [1.807, 2.05) is 0 Å². The van der Waals surface area contributed by atoms with E-state index < -0.39 is 9.76 Å². The van der Waals surface area contributed by atoms with E-state index in [4.69, 9.17) is 4.43 Å². The first-order valence-electron chi connectivity index (χ1n) is 5.08. The molecule has 0 aromatic rings. The van der Waals surface area contributed by atoms with Crippen LogP contribution < -0.4 is 0 Å². The van der Waals surface area contributed by atoms with Gasteiger partial charge in [-0.25, -0.2) is 0 Å². The van der Waals surface area contributed by atoms with Gasteiger partial charge in [0.05, 0.1) is 0 Å². The van der Waals surface area contributed by atoms with Crippen molar-refractivity contribution < 1.29 is 4.43 Å². The maximum absolute atomic E-state index is 5.80. The Bertz CT molecular complexity index is 150. The first-order chi connectivity index (χ1) is 5.65. The summed E-state index contributed by atoms with van der Waals surface area (Å²) in [6.45, 7) is 18.2. The fourth-order valence-electron chi connectivity index (χ4n) is 0.757. The molecular weight excluding hydrogens is 183 g/mol. The summed E-state index contributed by atoms with van der Waals surface area (Å²) < 4.78 is 5.80. The second-order valence-corrected chi connectivity index (χ2v) is 8.32. The molecule has 0 fully saturated rings. The molecule has 0 aliphatic heterocycles. The van der Waals surface area contributed by atoms with Crippen molar-refractivity contribution in [3.63, 3.8) is 0 Å². The summed E-state index contributed by atoms with van der Waals surface area (Å²) >= 11 is 0. The molecule has 1 radical (unpaired) electrons. The fourth-order valence-corrected chi connectivity index (χ4v) is 2.27. The summed E-state index contributed by atoms with van der Waals surface area (Å²) in [7, 11) is -0.428. The molecule has 0 N–H and O–H groups in total. The summed E-state index contributed by atoms with van der Waals surface area (Å²) in [5.41, 5.74) is 0.0695. The van der Waals surface area contributed by atoms with Gasteiger partial charge in [0.15, 0.2) is 9.76 Å². The van der Waals surface area contributed by atoms with Gasteiger partial charge in [0, 0.05) is 6.61 Å². The minimum atomic E-state index is -0.428. The first-order valence-corrected chi connectivity index (χ1v) is 6.37. The maximum atomic E-state index is 5.80. The van der Waals surface area contributed by atoms with Crippen molar-refractivity contribution in [2.75, 3.05) is 6.61 Å². The van der Waals surface area contributed by atoms with E-state index in [0.717, 1.165) is 6.61 Å². The van der Waals surface area contributed by atoms with Crippen LogP contribution in [0.3, 0.4) is 0 Å². The second-order valence-electron chi connectivity index (χ2n) is 5.80. The third-order valence-corrected chi connectivity index (χ3v) is 4.50. The molecule has 0 saturated heterocycles. The van der Waals surface area contributed by atoms with Crippen LogP contribution in [0, 0.1) is 18.3 Å². The van der Waals surface area contributed by atoms with Crippen molar-refractivity contribution in [1.29, 1.82) is 0 Å². The average Bonchev–Trinajstić information content (AvgIpc) is 1.82. The van der Waals surface area contributed by atoms with E-state index in [9.17, 15) is 0 Å². The van der Waals surface area contributed by atoms with Gasteiger partial charge >= 0.3 is 18.9 Å². The zero-order chi connectivity index (χ0) is 10.7. The Hall–Kier alpha value is 0.774. The van der Waals surface area contributed by atoms with Gasteiger partial charge in [0.1, 0.15) is 0 Å². The van der Waals surface area contributed by atoms with Crippen LogP contribution in [0.25, 0.3) is 0 Å². The SMILES string of the molecule is [CH2]C(C)(C)CO[SiH2]C(C)(C)C(C)C.[LiH]. The van der Waals surface area contributed by atoms with Crippen LogP contribution in [0.4, 0.5) is 0 Å². The van der Waals surface area contributed by atoms with Gasteiger partial charge in [-0.3, -0.25) is 0 Å². The molecular formula is C11H26LiOSi. The predicted molar refractivity (Wildman–Crippen MR) is 69.7 cm³/mol. The van der Waals surface area contributed by atoms with Gasteiger partial charge in [0.2, 0.25) is 0 Å². The number of hydrogen-bond donors (Lipinski definition) is 0. The standard InChI is InChI=1S/C11H25OSi.Li.H/c1-9(2)11(6,7)13-12-8-10(3,4)5;;/h9H,3,8,13H2,1-2,4-7H3;;. The molecule has 0 rings (SSSR count). The Balaban J connectivity index is 0. The zero-order valence-corrected chi connectivity index (χ0v) is 11.5. The predicted octanol–water partition coefficient (Wildman–Crippen LogP) is 2.15. The van der Waals surface area contributed by atoms with Crippen LogP contribution in [-0.2, 0) is 4.43 Å². The monoisotopic (exact) mass is 209 g/mol. The Morgan fingerprint density at radius 1 is 1.21 bits per heavy atom. The molecule has 0 saturated carbocycles. The van der Waals surface area contributed by atoms with Crippen molar-refractivity contribution in [2.45, 2.75) is 46.6 Å². The summed E-state index contributed by atoms with van der Waals surface area (Å²) in [5.74, 6) is 0.715. The third kappa shape index (κ3) is 8.11. The fraction of sp³-hybridized carbons (Fsp3) is 0.909. The van der Waals surface area contributed by atoms with Gasteiger partial charge in [-0.05, 0) is 23.3 Å². The number of rotatable bonds is 5. The van der Waals surface area contributed by atoms with Gasteiger partial charge in [0.25, 0.3) is 0 Å². The van der Waals surface area contributed by atoms with Crippen molar-refractivity contribution >= 4 is 28.6 Å². The molecule has 0 atom stereocenters. The molecule has 0 aromatic heterocycles. The quantitative estimate of drug-likeness (QED) is 0.630. The van der Waals surface area contributed by atoms with Crippen LogP contribution in [-0.4, -0.2) is 35.2 Å². The molecule has 0 aromatic carbocycles. The topological polar surface area (TPSA) is 9.23 Å². The normalized spacial score (nSPS) is 13.7. The van der Waals surface area contributed by atoms with Gasteiger partial charge in [-0.2, -0.15) is 0 Å². The Labute approximate surface area is 104 Å². The van der Waals surface area contributed by atoms with E-state index >= 15 is 0 Å². The van der Waals surface area contributed by atoms with Crippen LogP contribution in [0.2, 0.25) is 5.04 Å². The Kier molecular flexibility index (Phi) is 7.82. The molecule has 0 spiro atoms. The van der Waals surface area contributed by atoms with E-state index in [2.05, 4.69) is 48.5 Å². The van der Waals surface area contributed by atoms with Gasteiger partial charge < -0.3 is 4.43 Å². The minimum absolute atomic E-state index is 0. The van der Waals surface area contributed by atoms with E-state index in [1.54, 1.807) is 0 Å². The van der Waals surface area contributed by atoms with Crippen molar-refractivity contribution in [1.82, 2.24) is 0 Å². The summed E-state index contributed by atoms with van der Waals surface area (Å²) in [5, 5.41) is 0.408. The molecule has 14 heavy (non-hydrogen) atoms. The van der Waals surface area contributed by atoms with Crippen molar-refractivity contribution in [2.24, 2.45) is 11.3 Å². The van der Waals surface area contributed by atoms with E-state index in [-0.39, 0.29) is 24.3 Å².